The van der Waals surface area contributed by atoms with Crippen LogP contribution in [-0.2, 0) is 14.3 Å². The molecule has 2 N–H and O–H groups in total. The number of carboxylic acids is 1. The lowest BCUT2D eigenvalue weighted by Crippen LogP contribution is -2.51. The summed E-state index contributed by atoms with van der Waals surface area (Å²) in [5.74, 6) is -0.983. The number of carboxylic acid groups (broad SMARTS) is 1. The summed E-state index contributed by atoms with van der Waals surface area (Å²) in [6, 6.07) is 10.3. The van der Waals surface area contributed by atoms with Crippen molar-refractivity contribution in [3.8, 4) is 0 Å². The van der Waals surface area contributed by atoms with Gasteiger partial charge in [0.2, 0.25) is 0 Å². The second kappa shape index (κ2) is 8.61. The molecule has 5 heteroatoms. The lowest BCUT2D eigenvalue weighted by molar-refractivity contribution is -0.322. The Kier molecular flexibility index (Phi) is 6.24. The van der Waals surface area contributed by atoms with Crippen LogP contribution < -0.4 is 5.32 Å². The Morgan fingerprint density at radius 2 is 2.00 bits per heavy atom. The molecule has 1 aromatic carbocycles. The van der Waals surface area contributed by atoms with Crippen LogP contribution in [0.15, 0.2) is 42.5 Å². The Labute approximate surface area is 149 Å². The molecule has 5 nitrogen and oxygen atoms in total. The second-order valence-electron chi connectivity index (χ2n) is 6.82. The van der Waals surface area contributed by atoms with E-state index in [4.69, 9.17) is 14.6 Å². The van der Waals surface area contributed by atoms with Crippen molar-refractivity contribution in [2.45, 2.75) is 44.0 Å². The van der Waals surface area contributed by atoms with E-state index in [0.29, 0.717) is 13.0 Å². The van der Waals surface area contributed by atoms with E-state index in [1.165, 1.54) is 5.56 Å². The number of benzene rings is 1. The van der Waals surface area contributed by atoms with Crippen molar-refractivity contribution in [3.05, 3.63) is 48.0 Å². The zero-order valence-electron chi connectivity index (χ0n) is 14.5. The normalized spacial score (nSPS) is 26.1. The Hall–Kier alpha value is -1.69. The molecule has 0 saturated carbocycles. The standard InChI is InChI=1S/C20H27NO4/c22-18(23)10-6-2-5-9-17-15-24-20(11-13-21-14-12-20)25-19(17)16-7-3-1-4-8-16/h1-5,7-8,17,19,21H,6,9-15H2,(H,22,23)/b5-2-. The molecule has 2 saturated heterocycles. The summed E-state index contributed by atoms with van der Waals surface area (Å²) in [5, 5.41) is 12.1. The number of hydrogen-bond acceptors (Lipinski definition) is 4. The molecule has 2 unspecified atom stereocenters. The molecule has 0 bridgehead atoms. The summed E-state index contributed by atoms with van der Waals surface area (Å²) < 4.78 is 12.7. The number of allylic oxidation sites excluding steroid dienone is 2. The number of hydrogen-bond donors (Lipinski definition) is 2. The van der Waals surface area contributed by atoms with Crippen molar-refractivity contribution < 1.29 is 19.4 Å². The number of piperidine rings is 1. The first-order chi connectivity index (χ1) is 12.2. The minimum Gasteiger partial charge on any atom is -0.481 e. The van der Waals surface area contributed by atoms with Crippen molar-refractivity contribution in [2.24, 2.45) is 5.92 Å². The van der Waals surface area contributed by atoms with Gasteiger partial charge in [-0.1, -0.05) is 42.5 Å². The summed E-state index contributed by atoms with van der Waals surface area (Å²) in [6.45, 7) is 2.51. The fourth-order valence-electron chi connectivity index (χ4n) is 3.55. The third kappa shape index (κ3) is 4.91. The molecular formula is C20H27NO4. The number of aliphatic carboxylic acids is 1. The first-order valence-electron chi connectivity index (χ1n) is 9.13. The zero-order chi connectivity index (χ0) is 17.5. The minimum absolute atomic E-state index is 0.0113. The lowest BCUT2D eigenvalue weighted by Gasteiger charge is -2.46. The highest BCUT2D eigenvalue weighted by atomic mass is 16.7. The number of rotatable bonds is 6. The fourth-order valence-corrected chi connectivity index (χ4v) is 3.55. The molecule has 0 aromatic heterocycles. The Bertz CT molecular complexity index is 581. The minimum atomic E-state index is -0.760. The van der Waals surface area contributed by atoms with E-state index in [2.05, 4.69) is 23.5 Å². The third-order valence-electron chi connectivity index (χ3n) is 4.95. The van der Waals surface area contributed by atoms with Crippen LogP contribution in [0.1, 0.15) is 43.8 Å². The lowest BCUT2D eigenvalue weighted by atomic mass is 9.90. The topological polar surface area (TPSA) is 67.8 Å². The van der Waals surface area contributed by atoms with Gasteiger partial charge in [0.1, 0.15) is 0 Å². The Balaban J connectivity index is 1.67. The van der Waals surface area contributed by atoms with Gasteiger partial charge < -0.3 is 19.9 Å². The molecule has 25 heavy (non-hydrogen) atoms. The average Bonchev–Trinajstić information content (AvgIpc) is 2.64. The van der Waals surface area contributed by atoms with E-state index >= 15 is 0 Å². The van der Waals surface area contributed by atoms with Crippen LogP contribution in [-0.4, -0.2) is 36.6 Å². The number of ether oxygens (including phenoxy) is 2. The molecule has 2 aliphatic rings. The van der Waals surface area contributed by atoms with Gasteiger partial charge in [-0.3, -0.25) is 4.79 Å². The Morgan fingerprint density at radius 3 is 2.72 bits per heavy atom. The van der Waals surface area contributed by atoms with Crippen molar-refractivity contribution >= 4 is 5.97 Å². The molecule has 2 aliphatic heterocycles. The molecule has 1 spiro atoms. The third-order valence-corrected chi connectivity index (χ3v) is 4.95. The van der Waals surface area contributed by atoms with E-state index < -0.39 is 11.8 Å². The molecule has 2 heterocycles. The fraction of sp³-hybridized carbons (Fsp3) is 0.550. The van der Waals surface area contributed by atoms with Crippen LogP contribution in [0.25, 0.3) is 0 Å². The molecule has 0 amide bonds. The second-order valence-corrected chi connectivity index (χ2v) is 6.82. The molecule has 2 fully saturated rings. The molecular weight excluding hydrogens is 318 g/mol. The van der Waals surface area contributed by atoms with Gasteiger partial charge in [-0.25, -0.2) is 0 Å². The molecule has 0 radical (unpaired) electrons. The summed E-state index contributed by atoms with van der Waals surface area (Å²) >= 11 is 0. The SMILES string of the molecule is O=C(O)CC/C=C\CC1COC2(CCNCC2)OC1c1ccccc1. The van der Waals surface area contributed by atoms with Crippen molar-refractivity contribution in [1.82, 2.24) is 5.32 Å². The zero-order valence-corrected chi connectivity index (χ0v) is 14.5. The molecule has 136 valence electrons. The number of nitrogens with one attached hydrogen (secondary N) is 1. The van der Waals surface area contributed by atoms with Gasteiger partial charge in [-0.05, 0) is 18.4 Å². The summed E-state index contributed by atoms with van der Waals surface area (Å²) in [5.41, 5.74) is 1.19. The van der Waals surface area contributed by atoms with E-state index in [1.807, 2.05) is 24.3 Å². The highest BCUT2D eigenvalue weighted by Crippen LogP contribution is 2.42. The van der Waals surface area contributed by atoms with Crippen LogP contribution in [0.5, 0.6) is 0 Å². The van der Waals surface area contributed by atoms with Gasteiger partial charge in [0.15, 0.2) is 5.79 Å². The van der Waals surface area contributed by atoms with Gasteiger partial charge in [0.25, 0.3) is 0 Å². The average molecular weight is 345 g/mol. The summed E-state index contributed by atoms with van der Waals surface area (Å²) in [4.78, 5) is 10.6. The number of carbonyl (C=O) groups is 1. The quantitative estimate of drug-likeness (QED) is 0.775. The maximum absolute atomic E-state index is 10.6. The van der Waals surface area contributed by atoms with E-state index in [0.717, 1.165) is 32.4 Å². The predicted molar refractivity (Wildman–Crippen MR) is 95.2 cm³/mol. The first kappa shape index (κ1) is 18.1. The van der Waals surface area contributed by atoms with Gasteiger partial charge in [0.05, 0.1) is 12.7 Å². The van der Waals surface area contributed by atoms with Crippen molar-refractivity contribution in [3.63, 3.8) is 0 Å². The molecule has 3 rings (SSSR count). The van der Waals surface area contributed by atoms with Gasteiger partial charge in [0, 0.05) is 38.3 Å². The summed E-state index contributed by atoms with van der Waals surface area (Å²) in [6.07, 6.45) is 7.34. The van der Waals surface area contributed by atoms with Crippen molar-refractivity contribution in [2.75, 3.05) is 19.7 Å². The summed E-state index contributed by atoms with van der Waals surface area (Å²) in [7, 11) is 0. The highest BCUT2D eigenvalue weighted by molar-refractivity contribution is 5.66. The Morgan fingerprint density at radius 1 is 1.24 bits per heavy atom. The van der Waals surface area contributed by atoms with Gasteiger partial charge in [-0.15, -0.1) is 0 Å². The predicted octanol–water partition coefficient (Wildman–Crippen LogP) is 3.28. The largest absolute Gasteiger partial charge is 0.481 e. The molecule has 2 atom stereocenters. The monoisotopic (exact) mass is 345 g/mol. The van der Waals surface area contributed by atoms with E-state index in [9.17, 15) is 4.79 Å². The van der Waals surface area contributed by atoms with Crippen molar-refractivity contribution in [1.29, 1.82) is 0 Å². The van der Waals surface area contributed by atoms with Crippen LogP contribution in [0.4, 0.5) is 0 Å². The highest BCUT2D eigenvalue weighted by Gasteiger charge is 2.43. The van der Waals surface area contributed by atoms with Crippen LogP contribution in [0, 0.1) is 5.92 Å². The molecule has 0 aliphatic carbocycles. The maximum Gasteiger partial charge on any atom is 0.303 e. The van der Waals surface area contributed by atoms with Gasteiger partial charge in [-0.2, -0.15) is 0 Å². The van der Waals surface area contributed by atoms with E-state index in [-0.39, 0.29) is 18.4 Å². The van der Waals surface area contributed by atoms with Crippen LogP contribution >= 0.6 is 0 Å². The maximum atomic E-state index is 10.6. The van der Waals surface area contributed by atoms with Crippen LogP contribution in [0.3, 0.4) is 0 Å². The molecule has 1 aromatic rings. The van der Waals surface area contributed by atoms with E-state index in [1.54, 1.807) is 0 Å². The van der Waals surface area contributed by atoms with Crippen LogP contribution in [0.2, 0.25) is 0 Å². The first-order valence-corrected chi connectivity index (χ1v) is 9.13. The van der Waals surface area contributed by atoms with Gasteiger partial charge >= 0.3 is 5.97 Å². The smallest absolute Gasteiger partial charge is 0.303 e.